The van der Waals surface area contributed by atoms with Crippen LogP contribution < -0.4 is 0 Å². The van der Waals surface area contributed by atoms with Gasteiger partial charge >= 0.3 is 5.97 Å². The third-order valence-corrected chi connectivity index (χ3v) is 4.02. The normalized spacial score (nSPS) is 14.6. The summed E-state index contributed by atoms with van der Waals surface area (Å²) < 4.78 is 6.10. The zero-order valence-electron chi connectivity index (χ0n) is 12.2. The number of hydrogen-bond acceptors (Lipinski definition) is 4. The Kier molecular flexibility index (Phi) is 4.00. The SMILES string of the molecule is CC(=O)OC(c1ccc(Br)cc1)N1C(=O)c2ccccc2C1=O. The fraction of sp³-hybridized carbons (Fsp3) is 0.118. The minimum atomic E-state index is -1.09. The molecule has 1 aliphatic rings. The van der Waals surface area contributed by atoms with Crippen LogP contribution in [0.1, 0.15) is 39.4 Å². The number of halogens is 1. The van der Waals surface area contributed by atoms with Gasteiger partial charge in [0.2, 0.25) is 6.23 Å². The molecule has 0 N–H and O–H groups in total. The van der Waals surface area contributed by atoms with E-state index in [0.717, 1.165) is 9.37 Å². The summed E-state index contributed by atoms with van der Waals surface area (Å²) in [5.41, 5.74) is 1.16. The van der Waals surface area contributed by atoms with Crippen molar-refractivity contribution in [1.82, 2.24) is 4.90 Å². The van der Waals surface area contributed by atoms with Crippen LogP contribution in [0.2, 0.25) is 0 Å². The maximum absolute atomic E-state index is 12.6. The summed E-state index contributed by atoms with van der Waals surface area (Å²) >= 11 is 3.32. The van der Waals surface area contributed by atoms with Gasteiger partial charge < -0.3 is 4.74 Å². The van der Waals surface area contributed by atoms with Crippen LogP contribution in [0.3, 0.4) is 0 Å². The third-order valence-electron chi connectivity index (χ3n) is 3.49. The van der Waals surface area contributed by atoms with Gasteiger partial charge in [0.05, 0.1) is 11.1 Å². The Labute approximate surface area is 141 Å². The van der Waals surface area contributed by atoms with E-state index in [1.54, 1.807) is 48.5 Å². The van der Waals surface area contributed by atoms with Crippen molar-refractivity contribution in [2.75, 3.05) is 0 Å². The Bertz CT molecular complexity index is 765. The van der Waals surface area contributed by atoms with Crippen LogP contribution in [0, 0.1) is 0 Å². The molecule has 2 amide bonds. The van der Waals surface area contributed by atoms with E-state index in [1.165, 1.54) is 6.92 Å². The predicted octanol–water partition coefficient (Wildman–Crippen LogP) is 3.31. The van der Waals surface area contributed by atoms with Gasteiger partial charge in [0, 0.05) is 17.0 Å². The second-order valence-electron chi connectivity index (χ2n) is 5.04. The summed E-state index contributed by atoms with van der Waals surface area (Å²) in [6.45, 7) is 1.24. The van der Waals surface area contributed by atoms with Crippen molar-refractivity contribution in [1.29, 1.82) is 0 Å². The van der Waals surface area contributed by atoms with Crippen molar-refractivity contribution in [3.63, 3.8) is 0 Å². The number of amides is 2. The lowest BCUT2D eigenvalue weighted by atomic mass is 10.1. The number of rotatable bonds is 3. The molecule has 3 rings (SSSR count). The highest BCUT2D eigenvalue weighted by molar-refractivity contribution is 9.10. The Balaban J connectivity index is 2.04. The van der Waals surface area contributed by atoms with Gasteiger partial charge in [-0.05, 0) is 24.3 Å². The fourth-order valence-electron chi connectivity index (χ4n) is 2.48. The first-order valence-electron chi connectivity index (χ1n) is 6.88. The Morgan fingerprint density at radius 3 is 2.00 bits per heavy atom. The molecule has 2 aromatic carbocycles. The van der Waals surface area contributed by atoms with Crippen LogP contribution in [-0.2, 0) is 9.53 Å². The molecule has 1 atom stereocenters. The first-order valence-corrected chi connectivity index (χ1v) is 7.68. The van der Waals surface area contributed by atoms with Gasteiger partial charge in [0.15, 0.2) is 0 Å². The second-order valence-corrected chi connectivity index (χ2v) is 5.95. The van der Waals surface area contributed by atoms with Crippen LogP contribution in [-0.4, -0.2) is 22.7 Å². The van der Waals surface area contributed by atoms with Crippen LogP contribution in [0.4, 0.5) is 0 Å². The Morgan fingerprint density at radius 1 is 1.00 bits per heavy atom. The number of imide groups is 1. The molecule has 0 aromatic heterocycles. The number of carbonyl (C=O) groups excluding carboxylic acids is 3. The van der Waals surface area contributed by atoms with Crippen LogP contribution in [0.5, 0.6) is 0 Å². The minimum absolute atomic E-state index is 0.312. The van der Waals surface area contributed by atoms with Gasteiger partial charge in [-0.1, -0.05) is 40.2 Å². The zero-order chi connectivity index (χ0) is 16.6. The molecule has 116 valence electrons. The lowest BCUT2D eigenvalue weighted by molar-refractivity contribution is -0.152. The van der Waals surface area contributed by atoms with Gasteiger partial charge in [-0.3, -0.25) is 14.4 Å². The molecule has 0 radical (unpaired) electrons. The summed E-state index contributed by atoms with van der Waals surface area (Å²) in [4.78, 5) is 37.6. The molecule has 0 fully saturated rings. The van der Waals surface area contributed by atoms with E-state index in [1.807, 2.05) is 0 Å². The zero-order valence-corrected chi connectivity index (χ0v) is 13.7. The average Bonchev–Trinajstić information content (AvgIpc) is 2.78. The first-order chi connectivity index (χ1) is 11.0. The van der Waals surface area contributed by atoms with E-state index in [0.29, 0.717) is 16.7 Å². The molecular formula is C17H12BrNO4. The standard InChI is InChI=1S/C17H12BrNO4/c1-10(20)23-17(11-6-8-12(18)9-7-11)19-15(21)13-4-2-3-5-14(13)16(19)22/h2-9,17H,1H3. The number of fused-ring (bicyclic) bond motifs is 1. The predicted molar refractivity (Wildman–Crippen MR) is 85.6 cm³/mol. The highest BCUT2D eigenvalue weighted by Gasteiger charge is 2.41. The number of nitrogens with zero attached hydrogens (tertiary/aromatic N) is 1. The smallest absolute Gasteiger partial charge is 0.304 e. The molecule has 1 unspecified atom stereocenters. The molecule has 0 spiro atoms. The van der Waals surface area contributed by atoms with Crippen LogP contribution in [0.15, 0.2) is 53.0 Å². The van der Waals surface area contributed by atoms with Crippen molar-refractivity contribution < 1.29 is 19.1 Å². The maximum atomic E-state index is 12.6. The van der Waals surface area contributed by atoms with Gasteiger partial charge in [0.1, 0.15) is 0 Å². The van der Waals surface area contributed by atoms with Crippen molar-refractivity contribution in [3.8, 4) is 0 Å². The summed E-state index contributed by atoms with van der Waals surface area (Å²) in [6, 6.07) is 13.4. The summed E-state index contributed by atoms with van der Waals surface area (Å²) in [7, 11) is 0. The monoisotopic (exact) mass is 373 g/mol. The van der Waals surface area contributed by atoms with Crippen LogP contribution in [0.25, 0.3) is 0 Å². The minimum Gasteiger partial charge on any atom is -0.437 e. The van der Waals surface area contributed by atoms with E-state index < -0.39 is 24.0 Å². The van der Waals surface area contributed by atoms with Crippen molar-refractivity contribution in [2.45, 2.75) is 13.2 Å². The lowest BCUT2D eigenvalue weighted by Gasteiger charge is -2.25. The molecule has 1 heterocycles. The van der Waals surface area contributed by atoms with Crippen LogP contribution >= 0.6 is 15.9 Å². The molecule has 0 saturated carbocycles. The molecule has 1 aliphatic heterocycles. The molecule has 0 bridgehead atoms. The Morgan fingerprint density at radius 2 is 1.52 bits per heavy atom. The van der Waals surface area contributed by atoms with E-state index in [9.17, 15) is 14.4 Å². The number of esters is 1. The molecule has 0 aliphatic carbocycles. The highest BCUT2D eigenvalue weighted by atomic mass is 79.9. The summed E-state index contributed by atoms with van der Waals surface area (Å²) in [5, 5.41) is 0. The maximum Gasteiger partial charge on any atom is 0.304 e. The first kappa shape index (κ1) is 15.4. The van der Waals surface area contributed by atoms with Gasteiger partial charge in [-0.25, -0.2) is 4.90 Å². The fourth-order valence-corrected chi connectivity index (χ4v) is 2.74. The molecule has 0 saturated heterocycles. The lowest BCUT2D eigenvalue weighted by Crippen LogP contribution is -2.36. The number of carbonyl (C=O) groups is 3. The van der Waals surface area contributed by atoms with E-state index in [-0.39, 0.29) is 0 Å². The van der Waals surface area contributed by atoms with Gasteiger partial charge in [-0.15, -0.1) is 0 Å². The number of hydrogen-bond donors (Lipinski definition) is 0. The summed E-state index contributed by atoms with van der Waals surface area (Å²) in [5.74, 6) is -1.52. The summed E-state index contributed by atoms with van der Waals surface area (Å²) in [6.07, 6.45) is -1.09. The van der Waals surface area contributed by atoms with E-state index in [4.69, 9.17) is 4.74 Å². The van der Waals surface area contributed by atoms with E-state index >= 15 is 0 Å². The van der Waals surface area contributed by atoms with Gasteiger partial charge in [-0.2, -0.15) is 0 Å². The number of ether oxygens (including phenoxy) is 1. The average molecular weight is 374 g/mol. The molecule has 23 heavy (non-hydrogen) atoms. The topological polar surface area (TPSA) is 63.7 Å². The molecule has 5 nitrogen and oxygen atoms in total. The third kappa shape index (κ3) is 2.77. The molecule has 6 heteroatoms. The highest BCUT2D eigenvalue weighted by Crippen LogP contribution is 2.32. The quantitative estimate of drug-likeness (QED) is 0.611. The largest absolute Gasteiger partial charge is 0.437 e. The molecule has 2 aromatic rings. The number of benzene rings is 2. The van der Waals surface area contributed by atoms with Crippen molar-refractivity contribution >= 4 is 33.7 Å². The molecular weight excluding hydrogens is 362 g/mol. The van der Waals surface area contributed by atoms with Crippen molar-refractivity contribution in [2.24, 2.45) is 0 Å². The van der Waals surface area contributed by atoms with Gasteiger partial charge in [0.25, 0.3) is 11.8 Å². The second kappa shape index (κ2) is 5.96. The van der Waals surface area contributed by atoms with E-state index in [2.05, 4.69) is 15.9 Å². The van der Waals surface area contributed by atoms with Crippen molar-refractivity contribution in [3.05, 3.63) is 69.7 Å². The Hall–Kier alpha value is -2.47.